The lowest BCUT2D eigenvalue weighted by atomic mass is 10.2. The second kappa shape index (κ2) is 9.11. The molecule has 0 fully saturated rings. The number of benzene rings is 2. The van der Waals surface area contributed by atoms with Crippen LogP contribution in [0.15, 0.2) is 42.5 Å². The maximum Gasteiger partial charge on any atom is 0.331 e. The largest absolute Gasteiger partial charge is 0.452 e. The Hall–Kier alpha value is -1.72. The molecule has 0 aliphatic heterocycles. The third kappa shape index (κ3) is 6.25. The summed E-state index contributed by atoms with van der Waals surface area (Å²) in [4.78, 5) is 23.4. The molecule has 0 bridgehead atoms. The molecule has 0 saturated carbocycles. The van der Waals surface area contributed by atoms with Crippen LogP contribution in [0, 0.1) is 0 Å². The van der Waals surface area contributed by atoms with Crippen molar-refractivity contribution in [2.75, 3.05) is 11.9 Å². The van der Waals surface area contributed by atoms with Crippen LogP contribution in [-0.4, -0.2) is 18.5 Å². The van der Waals surface area contributed by atoms with E-state index in [4.69, 9.17) is 51.1 Å². The van der Waals surface area contributed by atoms with Crippen LogP contribution in [0.3, 0.4) is 0 Å². The predicted octanol–water partition coefficient (Wildman–Crippen LogP) is 5.50. The number of halogens is 4. The highest BCUT2D eigenvalue weighted by Crippen LogP contribution is 2.25. The molecule has 0 spiro atoms. The lowest BCUT2D eigenvalue weighted by molar-refractivity contribution is -0.142. The van der Waals surface area contributed by atoms with Crippen LogP contribution < -0.4 is 5.32 Å². The van der Waals surface area contributed by atoms with Gasteiger partial charge in [-0.15, -0.1) is 0 Å². The van der Waals surface area contributed by atoms with Crippen LogP contribution >= 0.6 is 46.4 Å². The average molecular weight is 419 g/mol. The van der Waals surface area contributed by atoms with Crippen molar-refractivity contribution in [2.24, 2.45) is 0 Å². The summed E-state index contributed by atoms with van der Waals surface area (Å²) in [7, 11) is 0. The molecule has 0 heterocycles. The van der Waals surface area contributed by atoms with Crippen molar-refractivity contribution in [3.05, 3.63) is 68.1 Å². The number of rotatable bonds is 5. The van der Waals surface area contributed by atoms with Crippen molar-refractivity contribution in [1.82, 2.24) is 0 Å². The summed E-state index contributed by atoms with van der Waals surface area (Å²) >= 11 is 23.3. The summed E-state index contributed by atoms with van der Waals surface area (Å²) in [6, 6.07) is 9.52. The Morgan fingerprint density at radius 2 is 1.56 bits per heavy atom. The van der Waals surface area contributed by atoms with Gasteiger partial charge in [0.25, 0.3) is 5.91 Å². The van der Waals surface area contributed by atoms with E-state index in [-0.39, 0.29) is 0 Å². The van der Waals surface area contributed by atoms with Gasteiger partial charge in [0, 0.05) is 11.8 Å². The summed E-state index contributed by atoms with van der Waals surface area (Å²) in [5, 5.41) is 4.01. The van der Waals surface area contributed by atoms with Crippen LogP contribution in [0.25, 0.3) is 6.08 Å². The molecule has 2 rings (SSSR count). The first-order valence-electron chi connectivity index (χ1n) is 6.90. The molecular weight excluding hydrogens is 408 g/mol. The van der Waals surface area contributed by atoms with E-state index >= 15 is 0 Å². The van der Waals surface area contributed by atoms with E-state index in [1.54, 1.807) is 30.3 Å². The van der Waals surface area contributed by atoms with Gasteiger partial charge in [0.1, 0.15) is 0 Å². The Kier molecular flexibility index (Phi) is 7.14. The first kappa shape index (κ1) is 19.6. The molecule has 0 unspecified atom stereocenters. The fourth-order valence-electron chi connectivity index (χ4n) is 1.74. The highest BCUT2D eigenvalue weighted by Gasteiger charge is 2.07. The second-order valence-corrected chi connectivity index (χ2v) is 6.42. The zero-order valence-electron chi connectivity index (χ0n) is 12.6. The Labute approximate surface area is 164 Å². The number of carbonyl (C=O) groups is 2. The van der Waals surface area contributed by atoms with Gasteiger partial charge >= 0.3 is 5.97 Å². The molecule has 2 aromatic carbocycles. The normalized spacial score (nSPS) is 10.7. The van der Waals surface area contributed by atoms with Gasteiger partial charge < -0.3 is 10.1 Å². The standard InChI is InChI=1S/C17H11Cl4NO3/c18-12-4-1-10(7-14(12)20)2-6-17(24)25-9-16(23)22-11-3-5-13(19)15(21)8-11/h1-8H,9H2,(H,22,23)/b6-2+. The zero-order chi connectivity index (χ0) is 18.4. The van der Waals surface area contributed by atoms with E-state index < -0.39 is 18.5 Å². The molecule has 0 atom stereocenters. The molecule has 0 aromatic heterocycles. The maximum absolute atomic E-state index is 11.7. The summed E-state index contributed by atoms with van der Waals surface area (Å²) < 4.78 is 4.85. The third-order valence-electron chi connectivity index (χ3n) is 2.90. The van der Waals surface area contributed by atoms with E-state index in [9.17, 15) is 9.59 Å². The van der Waals surface area contributed by atoms with Crippen molar-refractivity contribution in [3.8, 4) is 0 Å². The summed E-state index contributed by atoms with van der Waals surface area (Å²) in [5.41, 5.74) is 1.12. The van der Waals surface area contributed by atoms with Crippen molar-refractivity contribution >= 4 is 70.0 Å². The van der Waals surface area contributed by atoms with Crippen LogP contribution in [-0.2, 0) is 14.3 Å². The minimum absolute atomic E-state index is 0.307. The number of nitrogens with one attached hydrogen (secondary N) is 1. The highest BCUT2D eigenvalue weighted by molar-refractivity contribution is 6.42. The monoisotopic (exact) mass is 417 g/mol. The van der Waals surface area contributed by atoms with Crippen molar-refractivity contribution in [3.63, 3.8) is 0 Å². The lowest BCUT2D eigenvalue weighted by Gasteiger charge is -2.06. The zero-order valence-corrected chi connectivity index (χ0v) is 15.6. The van der Waals surface area contributed by atoms with Gasteiger partial charge in [-0.25, -0.2) is 4.79 Å². The molecule has 25 heavy (non-hydrogen) atoms. The number of amides is 1. The van der Waals surface area contributed by atoms with Crippen LogP contribution in [0.5, 0.6) is 0 Å². The SMILES string of the molecule is O=C(COC(=O)/C=C/c1ccc(Cl)c(Cl)c1)Nc1ccc(Cl)c(Cl)c1. The van der Waals surface area contributed by atoms with Crippen molar-refractivity contribution in [1.29, 1.82) is 0 Å². The summed E-state index contributed by atoms with van der Waals surface area (Å²) in [6.07, 6.45) is 2.69. The first-order valence-corrected chi connectivity index (χ1v) is 8.41. The summed E-state index contributed by atoms with van der Waals surface area (Å²) in [6.45, 7) is -0.440. The molecule has 0 aliphatic rings. The second-order valence-electron chi connectivity index (χ2n) is 4.79. The number of hydrogen-bond donors (Lipinski definition) is 1. The molecular formula is C17H11Cl4NO3. The topological polar surface area (TPSA) is 55.4 Å². The third-order valence-corrected chi connectivity index (χ3v) is 4.38. The Morgan fingerprint density at radius 3 is 2.20 bits per heavy atom. The van der Waals surface area contributed by atoms with E-state index in [0.717, 1.165) is 0 Å². The Balaban J connectivity index is 1.84. The molecule has 0 radical (unpaired) electrons. The van der Waals surface area contributed by atoms with E-state index in [2.05, 4.69) is 5.32 Å². The van der Waals surface area contributed by atoms with Crippen molar-refractivity contribution in [2.45, 2.75) is 0 Å². The van der Waals surface area contributed by atoms with E-state index in [1.807, 2.05) is 0 Å². The van der Waals surface area contributed by atoms with Gasteiger partial charge in [-0.05, 0) is 42.0 Å². The predicted molar refractivity (Wildman–Crippen MR) is 102 cm³/mol. The minimum Gasteiger partial charge on any atom is -0.452 e. The lowest BCUT2D eigenvalue weighted by Crippen LogP contribution is -2.20. The van der Waals surface area contributed by atoms with Gasteiger partial charge in [0.05, 0.1) is 20.1 Å². The number of esters is 1. The van der Waals surface area contributed by atoms with Crippen LogP contribution in [0.4, 0.5) is 5.69 Å². The molecule has 4 nitrogen and oxygen atoms in total. The molecule has 1 N–H and O–H groups in total. The van der Waals surface area contributed by atoms with Crippen molar-refractivity contribution < 1.29 is 14.3 Å². The average Bonchev–Trinajstić information content (AvgIpc) is 2.57. The number of hydrogen-bond acceptors (Lipinski definition) is 3. The first-order chi connectivity index (χ1) is 11.8. The van der Waals surface area contributed by atoms with Gasteiger partial charge in [0.15, 0.2) is 6.61 Å². The highest BCUT2D eigenvalue weighted by atomic mass is 35.5. The minimum atomic E-state index is -0.671. The van der Waals surface area contributed by atoms with Crippen LogP contribution in [0.2, 0.25) is 20.1 Å². The number of ether oxygens (including phenoxy) is 1. The van der Waals surface area contributed by atoms with Crippen LogP contribution in [0.1, 0.15) is 5.56 Å². The van der Waals surface area contributed by atoms with Gasteiger partial charge in [0.2, 0.25) is 0 Å². The van der Waals surface area contributed by atoms with E-state index in [0.29, 0.717) is 31.3 Å². The molecule has 1 amide bonds. The molecule has 0 aliphatic carbocycles. The fraction of sp³-hybridized carbons (Fsp3) is 0.0588. The molecule has 0 saturated heterocycles. The Morgan fingerprint density at radius 1 is 0.920 bits per heavy atom. The van der Waals surface area contributed by atoms with Gasteiger partial charge in [-0.3, -0.25) is 4.79 Å². The molecule has 2 aromatic rings. The number of anilines is 1. The van der Waals surface area contributed by atoms with Gasteiger partial charge in [-0.1, -0.05) is 52.5 Å². The quantitative estimate of drug-likeness (QED) is 0.515. The molecule has 8 heteroatoms. The fourth-order valence-corrected chi connectivity index (χ4v) is 2.34. The number of carbonyl (C=O) groups excluding carboxylic acids is 2. The Bertz CT molecular complexity index is 837. The van der Waals surface area contributed by atoms with Gasteiger partial charge in [-0.2, -0.15) is 0 Å². The summed E-state index contributed by atoms with van der Waals surface area (Å²) in [5.74, 6) is -1.18. The molecule has 130 valence electrons. The maximum atomic E-state index is 11.7. The van der Waals surface area contributed by atoms with E-state index in [1.165, 1.54) is 18.2 Å². The smallest absolute Gasteiger partial charge is 0.331 e.